The van der Waals surface area contributed by atoms with Crippen LogP contribution < -0.4 is 9.47 Å². The highest BCUT2D eigenvalue weighted by Crippen LogP contribution is 2.27. The van der Waals surface area contributed by atoms with Crippen molar-refractivity contribution < 1.29 is 18.9 Å². The van der Waals surface area contributed by atoms with Crippen LogP contribution in [0.1, 0.15) is 51.4 Å². The number of unbranched alkanes of at least 4 members (excludes halogenated alkanes) is 6. The van der Waals surface area contributed by atoms with E-state index in [4.69, 9.17) is 18.9 Å². The van der Waals surface area contributed by atoms with E-state index in [1.807, 2.05) is 24.3 Å². The summed E-state index contributed by atoms with van der Waals surface area (Å²) in [4.78, 5) is 8.96. The molecule has 0 unspecified atom stereocenters. The van der Waals surface area contributed by atoms with Gasteiger partial charge in [-0.3, -0.25) is 0 Å². The van der Waals surface area contributed by atoms with Crippen LogP contribution in [0.4, 0.5) is 0 Å². The van der Waals surface area contributed by atoms with Gasteiger partial charge >= 0.3 is 0 Å². The third kappa shape index (κ3) is 9.55. The Morgan fingerprint density at radius 2 is 1.17 bits per heavy atom. The molecule has 0 aliphatic carbocycles. The molecular weight excluding hydrogens is 380 g/mol. The summed E-state index contributed by atoms with van der Waals surface area (Å²) in [6.07, 6.45) is 12.3. The predicted octanol–water partition coefficient (Wildman–Crippen LogP) is 5.31. The van der Waals surface area contributed by atoms with E-state index in [2.05, 4.69) is 9.97 Å². The number of hydrogen-bond acceptors (Lipinski definition) is 6. The number of para-hydroxylation sites is 1. The predicted molar refractivity (Wildman–Crippen MR) is 119 cm³/mol. The minimum Gasteiger partial charge on any atom is -0.493 e. The van der Waals surface area contributed by atoms with Crippen LogP contribution in [0.5, 0.6) is 11.5 Å². The molecule has 0 fully saturated rings. The first kappa shape index (κ1) is 24.1. The fourth-order valence-electron chi connectivity index (χ4n) is 3.08. The third-order valence-electron chi connectivity index (χ3n) is 4.77. The van der Waals surface area contributed by atoms with E-state index in [9.17, 15) is 0 Å². The van der Waals surface area contributed by atoms with Gasteiger partial charge in [0.2, 0.25) is 0 Å². The van der Waals surface area contributed by atoms with Crippen LogP contribution in [0.15, 0.2) is 36.7 Å². The zero-order valence-corrected chi connectivity index (χ0v) is 18.5. The van der Waals surface area contributed by atoms with E-state index in [1.54, 1.807) is 26.6 Å². The molecule has 0 aliphatic heterocycles. The topological polar surface area (TPSA) is 62.7 Å². The summed E-state index contributed by atoms with van der Waals surface area (Å²) in [6, 6.07) is 7.91. The highest BCUT2D eigenvalue weighted by Gasteiger charge is 2.09. The monoisotopic (exact) mass is 416 g/mol. The Balaban J connectivity index is 1.76. The second-order valence-electron chi connectivity index (χ2n) is 7.25. The molecule has 0 atom stereocenters. The summed E-state index contributed by atoms with van der Waals surface area (Å²) in [6.45, 7) is 3.03. The molecule has 30 heavy (non-hydrogen) atoms. The summed E-state index contributed by atoms with van der Waals surface area (Å²) in [7, 11) is 3.48. The van der Waals surface area contributed by atoms with Crippen molar-refractivity contribution >= 4 is 0 Å². The molecule has 0 radical (unpaired) electrons. The average molecular weight is 417 g/mol. The van der Waals surface area contributed by atoms with Gasteiger partial charge in [0.1, 0.15) is 5.75 Å². The van der Waals surface area contributed by atoms with Crippen LogP contribution in [-0.4, -0.2) is 50.6 Å². The first-order valence-electron chi connectivity index (χ1n) is 11.0. The lowest BCUT2D eigenvalue weighted by molar-refractivity contribution is 0.191. The van der Waals surface area contributed by atoms with Crippen LogP contribution in [0.3, 0.4) is 0 Å². The third-order valence-corrected chi connectivity index (χ3v) is 4.77. The number of rotatable bonds is 17. The second kappa shape index (κ2) is 15.6. The second-order valence-corrected chi connectivity index (χ2v) is 7.25. The SMILES string of the molecule is COCCCCCCOc1cnc(-c2ccccc2OCCCCCCOC)nc1. The maximum absolute atomic E-state index is 6.00. The highest BCUT2D eigenvalue weighted by atomic mass is 16.5. The molecule has 1 heterocycles. The normalized spacial score (nSPS) is 10.9. The minimum atomic E-state index is 0.651. The van der Waals surface area contributed by atoms with Gasteiger partial charge in [-0.25, -0.2) is 9.97 Å². The van der Waals surface area contributed by atoms with E-state index < -0.39 is 0 Å². The number of hydrogen-bond donors (Lipinski definition) is 0. The van der Waals surface area contributed by atoms with Gasteiger partial charge < -0.3 is 18.9 Å². The van der Waals surface area contributed by atoms with Gasteiger partial charge in [-0.1, -0.05) is 25.0 Å². The van der Waals surface area contributed by atoms with Gasteiger partial charge in [-0.15, -0.1) is 0 Å². The molecular formula is C24H36N2O4. The number of methoxy groups -OCH3 is 2. The molecule has 0 spiro atoms. The molecule has 0 N–H and O–H groups in total. The maximum Gasteiger partial charge on any atom is 0.163 e. The quantitative estimate of drug-likeness (QED) is 0.326. The molecule has 2 rings (SSSR count). The van der Waals surface area contributed by atoms with E-state index in [-0.39, 0.29) is 0 Å². The molecule has 1 aromatic heterocycles. The molecule has 0 aliphatic rings. The van der Waals surface area contributed by atoms with E-state index in [1.165, 1.54) is 0 Å². The Labute approximate surface area is 180 Å². The Hall–Kier alpha value is -2.18. The first-order valence-corrected chi connectivity index (χ1v) is 11.0. The van der Waals surface area contributed by atoms with Crippen molar-refractivity contribution in [3.8, 4) is 22.9 Å². The Kier molecular flexibility index (Phi) is 12.6. The molecule has 0 amide bonds. The molecule has 166 valence electrons. The van der Waals surface area contributed by atoms with Crippen LogP contribution in [0, 0.1) is 0 Å². The zero-order valence-electron chi connectivity index (χ0n) is 18.5. The van der Waals surface area contributed by atoms with E-state index in [0.717, 1.165) is 75.9 Å². The standard InChI is InChI=1S/C24H36N2O4/c1-27-15-9-3-5-11-17-29-21-19-25-24(26-20-21)22-13-7-8-14-23(22)30-18-12-6-4-10-16-28-2/h7-8,13-14,19-20H,3-6,9-12,15-18H2,1-2H3. The molecule has 0 bridgehead atoms. The lowest BCUT2D eigenvalue weighted by Gasteiger charge is -2.11. The molecule has 6 heteroatoms. The molecule has 1 aromatic carbocycles. The van der Waals surface area contributed by atoms with Gasteiger partial charge in [-0.05, 0) is 50.7 Å². The Morgan fingerprint density at radius 1 is 0.633 bits per heavy atom. The van der Waals surface area contributed by atoms with Crippen molar-refractivity contribution in [2.75, 3.05) is 40.6 Å². The maximum atomic E-state index is 6.00. The fourth-order valence-corrected chi connectivity index (χ4v) is 3.08. The number of ether oxygens (including phenoxy) is 4. The van der Waals surface area contributed by atoms with Gasteiger partial charge in [0.15, 0.2) is 11.6 Å². The van der Waals surface area contributed by atoms with Crippen molar-refractivity contribution in [3.63, 3.8) is 0 Å². The fraction of sp³-hybridized carbons (Fsp3) is 0.583. The Bertz CT molecular complexity index is 679. The molecule has 0 saturated heterocycles. The average Bonchev–Trinajstić information content (AvgIpc) is 2.79. The smallest absolute Gasteiger partial charge is 0.163 e. The summed E-state index contributed by atoms with van der Waals surface area (Å²) in [5.41, 5.74) is 0.904. The summed E-state index contributed by atoms with van der Waals surface area (Å²) in [5, 5.41) is 0. The van der Waals surface area contributed by atoms with Crippen molar-refractivity contribution in [3.05, 3.63) is 36.7 Å². The van der Waals surface area contributed by atoms with Crippen LogP contribution in [0.25, 0.3) is 11.4 Å². The van der Waals surface area contributed by atoms with Crippen LogP contribution in [-0.2, 0) is 9.47 Å². The number of benzene rings is 1. The summed E-state index contributed by atoms with van der Waals surface area (Å²) < 4.78 is 21.9. The van der Waals surface area contributed by atoms with Crippen molar-refractivity contribution in [2.45, 2.75) is 51.4 Å². The zero-order chi connectivity index (χ0) is 21.3. The largest absolute Gasteiger partial charge is 0.493 e. The van der Waals surface area contributed by atoms with Crippen molar-refractivity contribution in [2.24, 2.45) is 0 Å². The highest BCUT2D eigenvalue weighted by molar-refractivity contribution is 5.63. The van der Waals surface area contributed by atoms with Crippen LogP contribution >= 0.6 is 0 Å². The van der Waals surface area contributed by atoms with Crippen molar-refractivity contribution in [1.82, 2.24) is 9.97 Å². The summed E-state index contributed by atoms with van der Waals surface area (Å²) in [5.74, 6) is 2.17. The van der Waals surface area contributed by atoms with Crippen LogP contribution in [0.2, 0.25) is 0 Å². The van der Waals surface area contributed by atoms with E-state index >= 15 is 0 Å². The molecule has 2 aromatic rings. The Morgan fingerprint density at radius 3 is 1.77 bits per heavy atom. The first-order chi connectivity index (χ1) is 14.8. The minimum absolute atomic E-state index is 0.651. The van der Waals surface area contributed by atoms with Gasteiger partial charge in [-0.2, -0.15) is 0 Å². The van der Waals surface area contributed by atoms with Gasteiger partial charge in [0.05, 0.1) is 31.2 Å². The molecule has 6 nitrogen and oxygen atoms in total. The van der Waals surface area contributed by atoms with Crippen molar-refractivity contribution in [1.29, 1.82) is 0 Å². The lowest BCUT2D eigenvalue weighted by Crippen LogP contribution is -2.01. The lowest BCUT2D eigenvalue weighted by atomic mass is 10.2. The number of nitrogens with zero attached hydrogens (tertiary/aromatic N) is 2. The van der Waals surface area contributed by atoms with Gasteiger partial charge in [0, 0.05) is 27.4 Å². The number of aromatic nitrogens is 2. The summed E-state index contributed by atoms with van der Waals surface area (Å²) >= 11 is 0. The van der Waals surface area contributed by atoms with E-state index in [0.29, 0.717) is 24.8 Å². The molecule has 0 saturated carbocycles. The van der Waals surface area contributed by atoms with Gasteiger partial charge in [0.25, 0.3) is 0 Å².